The van der Waals surface area contributed by atoms with Crippen LogP contribution in [0.5, 0.6) is 5.75 Å². The van der Waals surface area contributed by atoms with E-state index < -0.39 is 5.97 Å². The van der Waals surface area contributed by atoms with Crippen LogP contribution in [0.1, 0.15) is 10.5 Å². The second-order valence-electron chi connectivity index (χ2n) is 5.87. The molecule has 6 nitrogen and oxygen atoms in total. The second kappa shape index (κ2) is 6.53. The van der Waals surface area contributed by atoms with Gasteiger partial charge in [0.05, 0.1) is 18.5 Å². The van der Waals surface area contributed by atoms with Crippen LogP contribution in [0.4, 0.5) is 4.39 Å². The van der Waals surface area contributed by atoms with Crippen molar-refractivity contribution in [3.63, 3.8) is 0 Å². The average molecular weight is 363 g/mol. The first-order valence-corrected chi connectivity index (χ1v) is 8.09. The van der Waals surface area contributed by atoms with E-state index in [1.165, 1.54) is 22.7 Å². The van der Waals surface area contributed by atoms with Crippen molar-refractivity contribution in [2.45, 2.75) is 0 Å². The zero-order valence-electron chi connectivity index (χ0n) is 14.3. The molecule has 0 aliphatic heterocycles. The van der Waals surface area contributed by atoms with Gasteiger partial charge < -0.3 is 9.84 Å². The fourth-order valence-electron chi connectivity index (χ4n) is 2.80. The molecule has 2 heterocycles. The molecule has 0 aliphatic rings. The molecule has 0 radical (unpaired) electrons. The first kappa shape index (κ1) is 16.7. The van der Waals surface area contributed by atoms with E-state index in [-0.39, 0.29) is 11.5 Å². The number of halogens is 1. The number of methoxy groups -OCH3 is 1. The van der Waals surface area contributed by atoms with Crippen molar-refractivity contribution >= 4 is 11.6 Å². The minimum atomic E-state index is -1.12. The number of carboxylic acid groups (broad SMARTS) is 1. The Morgan fingerprint density at radius 2 is 1.63 bits per heavy atom. The molecule has 0 bridgehead atoms. The number of fused-ring (bicyclic) bond motifs is 1. The molecule has 4 aromatic rings. The summed E-state index contributed by atoms with van der Waals surface area (Å²) in [5, 5.41) is 13.9. The quantitative estimate of drug-likeness (QED) is 0.595. The fraction of sp³-hybridized carbons (Fsp3) is 0.0500. The predicted octanol–water partition coefficient (Wildman–Crippen LogP) is 3.91. The van der Waals surface area contributed by atoms with Crippen molar-refractivity contribution in [2.24, 2.45) is 0 Å². The fourth-order valence-corrected chi connectivity index (χ4v) is 2.80. The van der Waals surface area contributed by atoms with Gasteiger partial charge in [0.1, 0.15) is 11.6 Å². The Hall–Kier alpha value is -3.74. The molecule has 2 aromatic heterocycles. The number of nitrogens with zero attached hydrogens (tertiary/aromatic N) is 3. The number of rotatable bonds is 4. The summed E-state index contributed by atoms with van der Waals surface area (Å²) in [6.07, 6.45) is 0. The molecule has 0 unspecified atom stereocenters. The van der Waals surface area contributed by atoms with E-state index in [9.17, 15) is 14.3 Å². The molecule has 0 fully saturated rings. The lowest BCUT2D eigenvalue weighted by Crippen LogP contribution is -2.08. The Bertz CT molecular complexity index is 1140. The van der Waals surface area contributed by atoms with Gasteiger partial charge in [-0.3, -0.25) is 0 Å². The number of hydrogen-bond donors (Lipinski definition) is 1. The third kappa shape index (κ3) is 3.10. The van der Waals surface area contributed by atoms with Crippen molar-refractivity contribution in [1.82, 2.24) is 14.6 Å². The first-order valence-electron chi connectivity index (χ1n) is 8.09. The van der Waals surface area contributed by atoms with Crippen LogP contribution in [-0.4, -0.2) is 32.8 Å². The van der Waals surface area contributed by atoms with Crippen molar-refractivity contribution in [1.29, 1.82) is 0 Å². The lowest BCUT2D eigenvalue weighted by molar-refractivity contribution is 0.0687. The minimum absolute atomic E-state index is 0.0146. The lowest BCUT2D eigenvalue weighted by atomic mass is 10.1. The number of ether oxygens (including phenoxy) is 1. The maximum atomic E-state index is 13.1. The molecule has 0 spiro atoms. The zero-order valence-corrected chi connectivity index (χ0v) is 14.3. The Morgan fingerprint density at radius 1 is 1.00 bits per heavy atom. The molecule has 0 atom stereocenters. The smallest absolute Gasteiger partial charge is 0.354 e. The van der Waals surface area contributed by atoms with Crippen molar-refractivity contribution < 1.29 is 19.0 Å². The van der Waals surface area contributed by atoms with Crippen LogP contribution in [0, 0.1) is 5.82 Å². The number of carboxylic acids is 1. The minimum Gasteiger partial charge on any atom is -0.497 e. The first-order chi connectivity index (χ1) is 13.0. The molecule has 1 N–H and O–H groups in total. The molecule has 0 amide bonds. The molecule has 4 rings (SSSR count). The van der Waals surface area contributed by atoms with Crippen LogP contribution < -0.4 is 4.74 Å². The van der Waals surface area contributed by atoms with Crippen LogP contribution in [0.2, 0.25) is 0 Å². The average Bonchev–Trinajstić information content (AvgIpc) is 3.11. The molecular formula is C20H14FN3O3. The number of carbonyl (C=O) groups is 1. The molecule has 0 aliphatic carbocycles. The molecule has 7 heteroatoms. The van der Waals surface area contributed by atoms with Crippen LogP contribution in [-0.2, 0) is 0 Å². The summed E-state index contributed by atoms with van der Waals surface area (Å²) >= 11 is 0. The van der Waals surface area contributed by atoms with Gasteiger partial charge in [0, 0.05) is 17.2 Å². The Balaban J connectivity index is 1.87. The van der Waals surface area contributed by atoms with Crippen LogP contribution in [0.15, 0.2) is 60.7 Å². The third-order valence-electron chi connectivity index (χ3n) is 4.17. The van der Waals surface area contributed by atoms with Crippen LogP contribution in [0.3, 0.4) is 0 Å². The molecular weight excluding hydrogens is 349 g/mol. The van der Waals surface area contributed by atoms with E-state index in [4.69, 9.17) is 4.74 Å². The van der Waals surface area contributed by atoms with E-state index in [1.54, 1.807) is 49.6 Å². The molecule has 27 heavy (non-hydrogen) atoms. The Morgan fingerprint density at radius 3 is 2.26 bits per heavy atom. The highest BCUT2D eigenvalue weighted by molar-refractivity contribution is 5.88. The van der Waals surface area contributed by atoms with Crippen molar-refractivity contribution in [2.75, 3.05) is 7.11 Å². The summed E-state index contributed by atoms with van der Waals surface area (Å²) in [7, 11) is 1.57. The summed E-state index contributed by atoms with van der Waals surface area (Å²) in [5.74, 6) is -0.777. The molecule has 134 valence electrons. The SMILES string of the molecule is COc1ccc(-c2cc(C(=O)O)n3nc(-c4ccc(F)cc4)cc3n2)cc1. The molecule has 0 saturated heterocycles. The molecule has 2 aromatic carbocycles. The van der Waals surface area contributed by atoms with E-state index in [0.29, 0.717) is 28.3 Å². The van der Waals surface area contributed by atoms with Crippen LogP contribution >= 0.6 is 0 Å². The van der Waals surface area contributed by atoms with E-state index in [1.807, 2.05) is 0 Å². The van der Waals surface area contributed by atoms with Gasteiger partial charge in [0.2, 0.25) is 0 Å². The summed E-state index contributed by atoms with van der Waals surface area (Å²) < 4.78 is 19.6. The summed E-state index contributed by atoms with van der Waals surface area (Å²) in [4.78, 5) is 16.3. The normalized spacial score (nSPS) is 10.9. The van der Waals surface area contributed by atoms with Gasteiger partial charge in [0.25, 0.3) is 0 Å². The van der Waals surface area contributed by atoms with Gasteiger partial charge in [-0.15, -0.1) is 0 Å². The lowest BCUT2D eigenvalue weighted by Gasteiger charge is -2.06. The number of benzene rings is 2. The maximum absolute atomic E-state index is 13.1. The highest BCUT2D eigenvalue weighted by Gasteiger charge is 2.16. The Labute approximate surface area is 153 Å². The second-order valence-corrected chi connectivity index (χ2v) is 5.87. The largest absolute Gasteiger partial charge is 0.497 e. The maximum Gasteiger partial charge on any atom is 0.354 e. The van der Waals surface area contributed by atoms with E-state index in [0.717, 1.165) is 5.56 Å². The third-order valence-corrected chi connectivity index (χ3v) is 4.17. The topological polar surface area (TPSA) is 76.7 Å². The van der Waals surface area contributed by atoms with Crippen molar-refractivity contribution in [3.05, 3.63) is 72.2 Å². The number of aromatic nitrogens is 3. The zero-order chi connectivity index (χ0) is 19.0. The van der Waals surface area contributed by atoms with Crippen molar-refractivity contribution in [3.8, 4) is 28.3 Å². The number of hydrogen-bond acceptors (Lipinski definition) is 4. The van der Waals surface area contributed by atoms with E-state index >= 15 is 0 Å². The van der Waals surface area contributed by atoms with Gasteiger partial charge in [-0.05, 0) is 54.6 Å². The highest BCUT2D eigenvalue weighted by atomic mass is 19.1. The monoisotopic (exact) mass is 363 g/mol. The van der Waals surface area contributed by atoms with Gasteiger partial charge in [-0.25, -0.2) is 18.7 Å². The van der Waals surface area contributed by atoms with Crippen LogP contribution in [0.25, 0.3) is 28.2 Å². The highest BCUT2D eigenvalue weighted by Crippen LogP contribution is 2.25. The summed E-state index contributed by atoms with van der Waals surface area (Å²) in [6, 6.07) is 16.1. The van der Waals surface area contributed by atoms with Gasteiger partial charge >= 0.3 is 5.97 Å². The standard InChI is InChI=1S/C20H14FN3O3/c1-27-15-8-4-12(5-9-15)16-10-18(20(25)26)24-19(22-16)11-17(23-24)13-2-6-14(21)7-3-13/h2-11H,1H3,(H,25,26). The van der Waals surface area contributed by atoms with Gasteiger partial charge in [-0.2, -0.15) is 5.10 Å². The predicted molar refractivity (Wildman–Crippen MR) is 97.3 cm³/mol. The Kier molecular flexibility index (Phi) is 4.04. The molecule has 0 saturated carbocycles. The number of aromatic carboxylic acids is 1. The summed E-state index contributed by atoms with van der Waals surface area (Å²) in [5.41, 5.74) is 2.82. The summed E-state index contributed by atoms with van der Waals surface area (Å²) in [6.45, 7) is 0. The van der Waals surface area contributed by atoms with Gasteiger partial charge in [0.15, 0.2) is 11.3 Å². The van der Waals surface area contributed by atoms with E-state index in [2.05, 4.69) is 10.1 Å². The van der Waals surface area contributed by atoms with Gasteiger partial charge in [-0.1, -0.05) is 0 Å².